The van der Waals surface area contributed by atoms with E-state index in [9.17, 15) is 5.11 Å². The minimum atomic E-state index is -1.32. The van der Waals surface area contributed by atoms with E-state index in [0.29, 0.717) is 39.5 Å². The molecule has 1 saturated heterocycles. The first-order valence-corrected chi connectivity index (χ1v) is 9.01. The lowest BCUT2D eigenvalue weighted by atomic mass is 10.1. The molecule has 4 atom stereocenters. The van der Waals surface area contributed by atoms with Crippen LogP contribution in [0.1, 0.15) is 39.5 Å². The molecule has 0 aromatic heterocycles. The van der Waals surface area contributed by atoms with Gasteiger partial charge in [-0.05, 0) is 25.7 Å². The lowest BCUT2D eigenvalue weighted by Gasteiger charge is -2.21. The summed E-state index contributed by atoms with van der Waals surface area (Å²) < 4.78 is 21.5. The van der Waals surface area contributed by atoms with Crippen LogP contribution < -0.4 is 0 Å². The van der Waals surface area contributed by atoms with Gasteiger partial charge in [-0.2, -0.15) is 0 Å². The van der Waals surface area contributed by atoms with E-state index in [1.165, 1.54) is 0 Å². The largest absolute Gasteiger partial charge is 0.381 e. The van der Waals surface area contributed by atoms with Gasteiger partial charge in [-0.1, -0.05) is 13.8 Å². The Labute approximate surface area is 144 Å². The summed E-state index contributed by atoms with van der Waals surface area (Å²) in [6, 6.07) is 0. The SMILES string of the molecule is CCC(COCCCCOCC(CC)C(O)OCC1CO1)C(O)O. The standard InChI is InChI=1S/C17H34O7/c1-3-13(16(18)19)9-21-7-5-6-8-22-10-14(4-2)17(20)24-12-15-11-23-15/h13-20H,3-12H2,1-2H3. The van der Waals surface area contributed by atoms with Crippen LogP contribution in [0, 0.1) is 11.8 Å². The fraction of sp³-hybridized carbons (Fsp3) is 1.00. The lowest BCUT2D eigenvalue weighted by molar-refractivity contribution is -0.151. The normalized spacial score (nSPS) is 21.0. The van der Waals surface area contributed by atoms with Crippen molar-refractivity contribution in [3.05, 3.63) is 0 Å². The zero-order valence-corrected chi connectivity index (χ0v) is 14.9. The zero-order chi connectivity index (χ0) is 17.8. The highest BCUT2D eigenvalue weighted by Gasteiger charge is 2.26. The van der Waals surface area contributed by atoms with Gasteiger partial charge in [0, 0.05) is 25.0 Å². The number of hydrogen-bond acceptors (Lipinski definition) is 7. The minimum Gasteiger partial charge on any atom is -0.381 e. The Bertz CT molecular complexity index is 297. The van der Waals surface area contributed by atoms with E-state index in [2.05, 4.69) is 0 Å². The van der Waals surface area contributed by atoms with E-state index in [-0.39, 0.29) is 17.9 Å². The first-order valence-electron chi connectivity index (χ1n) is 9.01. The number of rotatable bonds is 16. The molecule has 24 heavy (non-hydrogen) atoms. The van der Waals surface area contributed by atoms with E-state index in [4.69, 9.17) is 29.2 Å². The van der Waals surface area contributed by atoms with E-state index in [0.717, 1.165) is 25.9 Å². The van der Waals surface area contributed by atoms with Crippen molar-refractivity contribution >= 4 is 0 Å². The molecule has 1 heterocycles. The molecule has 0 amide bonds. The molecular weight excluding hydrogens is 316 g/mol. The Morgan fingerprint density at radius 2 is 1.50 bits per heavy atom. The molecule has 0 aromatic carbocycles. The third-order valence-corrected chi connectivity index (χ3v) is 4.22. The molecule has 0 radical (unpaired) electrons. The summed E-state index contributed by atoms with van der Waals surface area (Å²) in [5.74, 6) is -0.259. The number of epoxide rings is 1. The third kappa shape index (κ3) is 9.88. The van der Waals surface area contributed by atoms with Gasteiger partial charge in [-0.25, -0.2) is 0 Å². The quantitative estimate of drug-likeness (QED) is 0.216. The summed E-state index contributed by atoms with van der Waals surface area (Å²) in [6.45, 7) is 7.09. The Morgan fingerprint density at radius 1 is 0.958 bits per heavy atom. The first kappa shape index (κ1) is 21.8. The van der Waals surface area contributed by atoms with Gasteiger partial charge >= 0.3 is 0 Å². The molecule has 1 aliphatic heterocycles. The molecule has 0 aromatic rings. The van der Waals surface area contributed by atoms with Gasteiger partial charge in [-0.15, -0.1) is 0 Å². The first-order chi connectivity index (χ1) is 11.6. The van der Waals surface area contributed by atoms with Gasteiger partial charge < -0.3 is 34.3 Å². The Morgan fingerprint density at radius 3 is 1.96 bits per heavy atom. The number of aliphatic hydroxyl groups is 3. The van der Waals surface area contributed by atoms with Gasteiger partial charge in [-0.3, -0.25) is 0 Å². The molecule has 0 bridgehead atoms. The summed E-state index contributed by atoms with van der Waals surface area (Å²) in [6.07, 6.45) is 1.21. The summed E-state index contributed by atoms with van der Waals surface area (Å²) in [7, 11) is 0. The van der Waals surface area contributed by atoms with Crippen molar-refractivity contribution in [3.8, 4) is 0 Å². The highest BCUT2D eigenvalue weighted by molar-refractivity contribution is 4.69. The summed E-state index contributed by atoms with van der Waals surface area (Å²) >= 11 is 0. The second-order valence-electron chi connectivity index (χ2n) is 6.29. The second kappa shape index (κ2) is 13.0. The van der Waals surface area contributed by atoms with Gasteiger partial charge in [0.05, 0.1) is 26.4 Å². The number of hydrogen-bond donors (Lipinski definition) is 3. The average Bonchev–Trinajstić information content (AvgIpc) is 3.38. The zero-order valence-electron chi connectivity index (χ0n) is 14.9. The van der Waals surface area contributed by atoms with Crippen molar-refractivity contribution in [2.45, 2.75) is 58.2 Å². The molecule has 1 fully saturated rings. The van der Waals surface area contributed by atoms with Crippen molar-refractivity contribution in [1.82, 2.24) is 0 Å². The fourth-order valence-corrected chi connectivity index (χ4v) is 2.20. The molecule has 1 rings (SSSR count). The molecular formula is C17H34O7. The maximum Gasteiger partial charge on any atom is 0.159 e. The third-order valence-electron chi connectivity index (χ3n) is 4.22. The molecule has 7 nitrogen and oxygen atoms in total. The molecule has 4 unspecified atom stereocenters. The topological polar surface area (TPSA) is 101 Å². The van der Waals surface area contributed by atoms with Crippen LogP contribution >= 0.6 is 0 Å². The van der Waals surface area contributed by atoms with Gasteiger partial charge in [0.1, 0.15) is 6.10 Å². The smallest absolute Gasteiger partial charge is 0.159 e. The van der Waals surface area contributed by atoms with E-state index < -0.39 is 12.6 Å². The Kier molecular flexibility index (Phi) is 11.8. The molecule has 0 saturated carbocycles. The van der Waals surface area contributed by atoms with E-state index in [1.807, 2.05) is 13.8 Å². The molecule has 0 aliphatic carbocycles. The monoisotopic (exact) mass is 350 g/mol. The van der Waals surface area contributed by atoms with Crippen molar-refractivity contribution in [1.29, 1.82) is 0 Å². The van der Waals surface area contributed by atoms with Crippen LogP contribution in [0.4, 0.5) is 0 Å². The van der Waals surface area contributed by atoms with Crippen LogP contribution in [0.2, 0.25) is 0 Å². The van der Waals surface area contributed by atoms with Crippen molar-refractivity contribution < 1.29 is 34.3 Å². The van der Waals surface area contributed by atoms with Crippen LogP contribution in [-0.2, 0) is 18.9 Å². The van der Waals surface area contributed by atoms with Gasteiger partial charge in [0.25, 0.3) is 0 Å². The summed E-state index contributed by atoms with van der Waals surface area (Å²) in [5.41, 5.74) is 0. The van der Waals surface area contributed by atoms with E-state index >= 15 is 0 Å². The van der Waals surface area contributed by atoms with Crippen molar-refractivity contribution in [2.75, 3.05) is 39.6 Å². The fourth-order valence-electron chi connectivity index (χ4n) is 2.20. The molecule has 7 heteroatoms. The van der Waals surface area contributed by atoms with Crippen LogP contribution in [0.15, 0.2) is 0 Å². The van der Waals surface area contributed by atoms with Crippen LogP contribution in [0.3, 0.4) is 0 Å². The highest BCUT2D eigenvalue weighted by Crippen LogP contribution is 2.15. The lowest BCUT2D eigenvalue weighted by Crippen LogP contribution is -2.28. The second-order valence-corrected chi connectivity index (χ2v) is 6.29. The van der Waals surface area contributed by atoms with Crippen LogP contribution in [-0.4, -0.2) is 73.6 Å². The highest BCUT2D eigenvalue weighted by atomic mass is 16.6. The predicted octanol–water partition coefficient (Wildman–Crippen LogP) is 0.897. The summed E-state index contributed by atoms with van der Waals surface area (Å²) in [4.78, 5) is 0. The van der Waals surface area contributed by atoms with Gasteiger partial charge in [0.15, 0.2) is 12.6 Å². The van der Waals surface area contributed by atoms with Gasteiger partial charge in [0.2, 0.25) is 0 Å². The summed E-state index contributed by atoms with van der Waals surface area (Å²) in [5, 5.41) is 28.1. The molecule has 1 aliphatic rings. The molecule has 3 N–H and O–H groups in total. The average molecular weight is 350 g/mol. The Balaban J connectivity index is 1.95. The Hall–Kier alpha value is -0.280. The van der Waals surface area contributed by atoms with Crippen LogP contribution in [0.25, 0.3) is 0 Å². The number of ether oxygens (including phenoxy) is 4. The number of unbranched alkanes of at least 4 members (excludes halogenated alkanes) is 1. The minimum absolute atomic E-state index is 0.0312. The molecule has 0 spiro atoms. The van der Waals surface area contributed by atoms with E-state index in [1.54, 1.807) is 0 Å². The molecule has 144 valence electrons. The maximum absolute atomic E-state index is 9.96. The van der Waals surface area contributed by atoms with Crippen LogP contribution in [0.5, 0.6) is 0 Å². The van der Waals surface area contributed by atoms with Crippen molar-refractivity contribution in [3.63, 3.8) is 0 Å². The van der Waals surface area contributed by atoms with Crippen molar-refractivity contribution in [2.24, 2.45) is 11.8 Å². The predicted molar refractivity (Wildman–Crippen MR) is 88.4 cm³/mol. The maximum atomic E-state index is 9.96. The number of aliphatic hydroxyl groups excluding tert-OH is 2.